The van der Waals surface area contributed by atoms with Gasteiger partial charge in [-0.25, -0.2) is 4.39 Å². The van der Waals surface area contributed by atoms with Crippen LogP contribution in [0.15, 0.2) is 51.1 Å². The first-order valence-electron chi connectivity index (χ1n) is 6.44. The van der Waals surface area contributed by atoms with Gasteiger partial charge in [0.15, 0.2) is 0 Å². The summed E-state index contributed by atoms with van der Waals surface area (Å²) in [5.41, 5.74) is 11.3. The molecule has 120 valence electrons. The minimum absolute atomic E-state index is 0.0176. The second kappa shape index (κ2) is 7.94. The summed E-state index contributed by atoms with van der Waals surface area (Å²) in [6.07, 6.45) is 1.43. The van der Waals surface area contributed by atoms with E-state index in [1.54, 1.807) is 24.3 Å². The van der Waals surface area contributed by atoms with Gasteiger partial charge in [-0.15, -0.1) is 5.10 Å². The molecule has 2 aromatic rings. The van der Waals surface area contributed by atoms with Crippen LogP contribution in [0.3, 0.4) is 0 Å². The molecule has 0 spiro atoms. The highest BCUT2D eigenvalue weighted by atomic mass is 79.9. The summed E-state index contributed by atoms with van der Waals surface area (Å²) in [5.74, 6) is -0.0933. The Kier molecular flexibility index (Phi) is 5.95. The number of halogens is 3. The normalized spacial score (nSPS) is 10.7. The van der Waals surface area contributed by atoms with Gasteiger partial charge >= 0.3 is 0 Å². The molecule has 0 fully saturated rings. The molecule has 0 aliphatic heterocycles. The molecule has 23 heavy (non-hydrogen) atoms. The standard InChI is InChI=1S/C15H13BrClFN4O/c16-10-4-5-14(9(6-10)7-21-22-15(19)20)23-8-11-12(17)2-1-3-13(11)18/h1-7H,8H2,(H4,19,20,22). The summed E-state index contributed by atoms with van der Waals surface area (Å²) in [4.78, 5) is 0. The zero-order chi connectivity index (χ0) is 16.8. The predicted molar refractivity (Wildman–Crippen MR) is 93.3 cm³/mol. The third-order valence-electron chi connectivity index (χ3n) is 2.78. The zero-order valence-electron chi connectivity index (χ0n) is 11.8. The number of benzene rings is 2. The van der Waals surface area contributed by atoms with Crippen molar-refractivity contribution in [3.05, 3.63) is 62.8 Å². The molecule has 4 N–H and O–H groups in total. The topological polar surface area (TPSA) is 86.0 Å². The van der Waals surface area contributed by atoms with E-state index >= 15 is 0 Å². The van der Waals surface area contributed by atoms with Crippen LogP contribution in [0.4, 0.5) is 4.39 Å². The molecule has 0 saturated carbocycles. The third-order valence-corrected chi connectivity index (χ3v) is 3.62. The van der Waals surface area contributed by atoms with Gasteiger partial charge in [0.25, 0.3) is 0 Å². The van der Waals surface area contributed by atoms with Gasteiger partial charge in [-0.3, -0.25) is 0 Å². The maximum Gasteiger partial charge on any atom is 0.211 e. The lowest BCUT2D eigenvalue weighted by Gasteiger charge is -2.11. The SMILES string of the molecule is NC(N)=NN=Cc1cc(Br)ccc1OCc1c(F)cccc1Cl. The van der Waals surface area contributed by atoms with Gasteiger partial charge in [-0.05, 0) is 30.3 Å². The molecule has 0 atom stereocenters. The van der Waals surface area contributed by atoms with Crippen LogP contribution in [0, 0.1) is 5.82 Å². The molecule has 2 aromatic carbocycles. The number of nitrogens with two attached hydrogens (primary N) is 2. The average Bonchev–Trinajstić information content (AvgIpc) is 2.48. The van der Waals surface area contributed by atoms with Gasteiger partial charge < -0.3 is 16.2 Å². The molecule has 0 heterocycles. The fourth-order valence-corrected chi connectivity index (χ4v) is 2.33. The quantitative estimate of drug-likeness (QED) is 0.459. The molecule has 0 unspecified atom stereocenters. The van der Waals surface area contributed by atoms with E-state index in [-0.39, 0.29) is 18.1 Å². The highest BCUT2D eigenvalue weighted by Gasteiger charge is 2.09. The highest BCUT2D eigenvalue weighted by molar-refractivity contribution is 9.10. The summed E-state index contributed by atoms with van der Waals surface area (Å²) < 4.78 is 20.2. The molecular weight excluding hydrogens is 387 g/mol. The second-order valence-electron chi connectivity index (χ2n) is 4.44. The van der Waals surface area contributed by atoms with Crippen molar-refractivity contribution in [1.29, 1.82) is 0 Å². The Morgan fingerprint density at radius 1 is 1.30 bits per heavy atom. The minimum Gasteiger partial charge on any atom is -0.488 e. The molecule has 0 aliphatic carbocycles. The Morgan fingerprint density at radius 2 is 2.09 bits per heavy atom. The lowest BCUT2D eigenvalue weighted by Crippen LogP contribution is -2.21. The molecule has 0 aliphatic rings. The molecule has 8 heteroatoms. The van der Waals surface area contributed by atoms with Crippen LogP contribution in [-0.4, -0.2) is 12.2 Å². The van der Waals surface area contributed by atoms with Crippen molar-refractivity contribution in [2.45, 2.75) is 6.61 Å². The van der Waals surface area contributed by atoms with Crippen LogP contribution in [-0.2, 0) is 6.61 Å². The van der Waals surface area contributed by atoms with E-state index in [1.807, 2.05) is 0 Å². The Morgan fingerprint density at radius 3 is 2.78 bits per heavy atom. The van der Waals surface area contributed by atoms with E-state index in [2.05, 4.69) is 26.1 Å². The maximum atomic E-state index is 13.8. The van der Waals surface area contributed by atoms with Gasteiger partial charge in [-0.2, -0.15) is 5.10 Å². The number of guanidine groups is 1. The summed E-state index contributed by atoms with van der Waals surface area (Å²) >= 11 is 9.33. The largest absolute Gasteiger partial charge is 0.488 e. The van der Waals surface area contributed by atoms with Crippen LogP contribution in [0.5, 0.6) is 5.75 Å². The zero-order valence-corrected chi connectivity index (χ0v) is 14.2. The van der Waals surface area contributed by atoms with Crippen LogP contribution in [0.2, 0.25) is 5.02 Å². The Balaban J connectivity index is 2.23. The number of ether oxygens (including phenoxy) is 1. The first-order chi connectivity index (χ1) is 11.0. The monoisotopic (exact) mass is 398 g/mol. The molecule has 0 aromatic heterocycles. The number of hydrogen-bond acceptors (Lipinski definition) is 3. The van der Waals surface area contributed by atoms with Crippen molar-refractivity contribution in [2.24, 2.45) is 21.7 Å². The lowest BCUT2D eigenvalue weighted by atomic mass is 10.2. The number of nitrogens with zero attached hydrogens (tertiary/aromatic N) is 2. The van der Waals surface area contributed by atoms with Gasteiger partial charge in [-0.1, -0.05) is 33.6 Å². The van der Waals surface area contributed by atoms with E-state index in [0.29, 0.717) is 16.3 Å². The van der Waals surface area contributed by atoms with Crippen LogP contribution in [0.25, 0.3) is 0 Å². The Labute approximate surface area is 145 Å². The summed E-state index contributed by atoms with van der Waals surface area (Å²) in [7, 11) is 0. The Bertz CT molecular complexity index is 743. The fourth-order valence-electron chi connectivity index (χ4n) is 1.73. The van der Waals surface area contributed by atoms with E-state index in [0.717, 1.165) is 4.47 Å². The van der Waals surface area contributed by atoms with E-state index in [1.165, 1.54) is 18.3 Å². The molecule has 0 radical (unpaired) electrons. The van der Waals surface area contributed by atoms with Gasteiger partial charge in [0.1, 0.15) is 18.2 Å². The van der Waals surface area contributed by atoms with Crippen LogP contribution in [0.1, 0.15) is 11.1 Å². The molecule has 5 nitrogen and oxygen atoms in total. The van der Waals surface area contributed by atoms with Crippen molar-refractivity contribution >= 4 is 39.7 Å². The molecule has 2 rings (SSSR count). The molecular formula is C15H13BrClFN4O. The van der Waals surface area contributed by atoms with Crippen molar-refractivity contribution in [1.82, 2.24) is 0 Å². The summed E-state index contributed by atoms with van der Waals surface area (Å²) in [5, 5.41) is 7.58. The van der Waals surface area contributed by atoms with E-state index in [4.69, 9.17) is 27.8 Å². The summed E-state index contributed by atoms with van der Waals surface area (Å²) in [6, 6.07) is 9.74. The number of hydrogen-bond donors (Lipinski definition) is 2. The highest BCUT2D eigenvalue weighted by Crippen LogP contribution is 2.25. The third kappa shape index (κ3) is 4.94. The summed E-state index contributed by atoms with van der Waals surface area (Å²) in [6.45, 7) is -0.0176. The van der Waals surface area contributed by atoms with Gasteiger partial charge in [0, 0.05) is 15.6 Å². The van der Waals surface area contributed by atoms with Crippen molar-refractivity contribution in [3.8, 4) is 5.75 Å². The molecule has 0 bridgehead atoms. The molecule has 0 amide bonds. The maximum absolute atomic E-state index is 13.8. The van der Waals surface area contributed by atoms with E-state index < -0.39 is 5.82 Å². The lowest BCUT2D eigenvalue weighted by molar-refractivity contribution is 0.299. The van der Waals surface area contributed by atoms with E-state index in [9.17, 15) is 4.39 Å². The second-order valence-corrected chi connectivity index (χ2v) is 5.76. The first-order valence-corrected chi connectivity index (χ1v) is 7.61. The van der Waals surface area contributed by atoms with Gasteiger partial charge in [0.05, 0.1) is 11.2 Å². The first kappa shape index (κ1) is 17.2. The number of rotatable bonds is 5. The predicted octanol–water partition coefficient (Wildman–Crippen LogP) is 3.43. The smallest absolute Gasteiger partial charge is 0.211 e. The van der Waals surface area contributed by atoms with Crippen LogP contribution >= 0.6 is 27.5 Å². The fraction of sp³-hybridized carbons (Fsp3) is 0.0667. The molecule has 0 saturated heterocycles. The average molecular weight is 400 g/mol. The van der Waals surface area contributed by atoms with Crippen LogP contribution < -0.4 is 16.2 Å². The minimum atomic E-state index is -0.426. The van der Waals surface area contributed by atoms with Crippen molar-refractivity contribution in [2.75, 3.05) is 0 Å². The van der Waals surface area contributed by atoms with Gasteiger partial charge in [0.2, 0.25) is 5.96 Å². The Hall–Kier alpha value is -2.12. The van der Waals surface area contributed by atoms with Crippen molar-refractivity contribution < 1.29 is 9.13 Å². The van der Waals surface area contributed by atoms with Crippen molar-refractivity contribution in [3.63, 3.8) is 0 Å².